The molecule has 0 radical (unpaired) electrons. The van der Waals surface area contributed by atoms with Crippen molar-refractivity contribution in [2.75, 3.05) is 0 Å². The van der Waals surface area contributed by atoms with E-state index in [2.05, 4.69) is 29.2 Å². The van der Waals surface area contributed by atoms with Crippen molar-refractivity contribution in [3.63, 3.8) is 0 Å². The number of carbonyl (C=O) groups excluding carboxylic acids is 1. The van der Waals surface area contributed by atoms with Crippen LogP contribution in [0.2, 0.25) is 0 Å². The number of nitrogens with zero attached hydrogens (tertiary/aromatic N) is 3. The van der Waals surface area contributed by atoms with Gasteiger partial charge in [0.25, 0.3) is 0 Å². The molecule has 1 unspecified atom stereocenters. The third kappa shape index (κ3) is 3.74. The second kappa shape index (κ2) is 6.59. The first-order valence-corrected chi connectivity index (χ1v) is 8.93. The summed E-state index contributed by atoms with van der Waals surface area (Å²) in [6.07, 6.45) is 6.74. The number of hydrogen-bond donors (Lipinski definition) is 2. The molecule has 1 saturated carbocycles. The van der Waals surface area contributed by atoms with Crippen LogP contribution in [0.5, 0.6) is 0 Å². The summed E-state index contributed by atoms with van der Waals surface area (Å²) >= 11 is 0. The topological polar surface area (TPSA) is 80.0 Å². The molecule has 1 aromatic rings. The Morgan fingerprint density at radius 3 is 2.78 bits per heavy atom. The maximum Gasteiger partial charge on any atom is 0.223 e. The van der Waals surface area contributed by atoms with Crippen LogP contribution in [0.3, 0.4) is 0 Å². The van der Waals surface area contributed by atoms with Gasteiger partial charge in [-0.05, 0) is 25.7 Å². The molecule has 3 rings (SSSR count). The largest absolute Gasteiger partial charge is 0.389 e. The SMILES string of the molecule is CC(C)c1nc2n(n1)CCCC2NC(=O)CC1(O)CCCCC1. The van der Waals surface area contributed by atoms with Crippen LogP contribution in [-0.4, -0.2) is 31.4 Å². The van der Waals surface area contributed by atoms with E-state index in [1.807, 2.05) is 4.68 Å². The molecule has 1 amide bonds. The monoisotopic (exact) mass is 320 g/mol. The molecule has 0 bridgehead atoms. The highest BCUT2D eigenvalue weighted by molar-refractivity contribution is 5.77. The number of aryl methyl sites for hydroxylation is 1. The summed E-state index contributed by atoms with van der Waals surface area (Å²) in [6, 6.07) is -0.0801. The highest BCUT2D eigenvalue weighted by Gasteiger charge is 2.33. The van der Waals surface area contributed by atoms with Gasteiger partial charge in [-0.2, -0.15) is 5.10 Å². The van der Waals surface area contributed by atoms with Crippen LogP contribution in [0.15, 0.2) is 0 Å². The molecule has 6 nitrogen and oxygen atoms in total. The Morgan fingerprint density at radius 1 is 1.35 bits per heavy atom. The average Bonchev–Trinajstić information content (AvgIpc) is 2.93. The van der Waals surface area contributed by atoms with Gasteiger partial charge in [0.2, 0.25) is 5.91 Å². The van der Waals surface area contributed by atoms with Gasteiger partial charge in [0.1, 0.15) is 5.82 Å². The predicted molar refractivity (Wildman–Crippen MR) is 86.9 cm³/mol. The molecule has 128 valence electrons. The predicted octanol–water partition coefficient (Wildman–Crippen LogP) is 2.44. The molecule has 23 heavy (non-hydrogen) atoms. The van der Waals surface area contributed by atoms with Crippen molar-refractivity contribution in [3.05, 3.63) is 11.6 Å². The molecule has 1 fully saturated rings. The van der Waals surface area contributed by atoms with Crippen LogP contribution in [0.25, 0.3) is 0 Å². The summed E-state index contributed by atoms with van der Waals surface area (Å²) in [7, 11) is 0. The van der Waals surface area contributed by atoms with Crippen molar-refractivity contribution >= 4 is 5.91 Å². The van der Waals surface area contributed by atoms with E-state index in [1.54, 1.807) is 0 Å². The standard InChI is InChI=1S/C17H28N4O2/c1-12(2)15-19-16-13(7-6-10-21(16)20-15)18-14(22)11-17(23)8-4-3-5-9-17/h12-13,23H,3-11H2,1-2H3,(H,18,22). The molecular weight excluding hydrogens is 292 g/mol. The van der Waals surface area contributed by atoms with Crippen molar-refractivity contribution in [3.8, 4) is 0 Å². The average molecular weight is 320 g/mol. The van der Waals surface area contributed by atoms with Crippen molar-refractivity contribution in [2.24, 2.45) is 0 Å². The lowest BCUT2D eigenvalue weighted by Gasteiger charge is -2.32. The van der Waals surface area contributed by atoms with Crippen LogP contribution in [0.1, 0.15) is 88.8 Å². The number of amides is 1. The molecule has 0 spiro atoms. The normalized spacial score (nSPS) is 23.6. The van der Waals surface area contributed by atoms with E-state index in [1.165, 1.54) is 0 Å². The summed E-state index contributed by atoms with van der Waals surface area (Å²) in [5.41, 5.74) is -0.812. The van der Waals surface area contributed by atoms with Crippen LogP contribution < -0.4 is 5.32 Å². The lowest BCUT2D eigenvalue weighted by molar-refractivity contribution is -0.128. The fourth-order valence-corrected chi connectivity index (χ4v) is 3.68. The first-order valence-electron chi connectivity index (χ1n) is 8.93. The molecule has 2 aliphatic rings. The van der Waals surface area contributed by atoms with Crippen LogP contribution >= 0.6 is 0 Å². The van der Waals surface area contributed by atoms with Crippen LogP contribution in [-0.2, 0) is 11.3 Å². The smallest absolute Gasteiger partial charge is 0.223 e. The van der Waals surface area contributed by atoms with Crippen molar-refractivity contribution in [1.82, 2.24) is 20.1 Å². The van der Waals surface area contributed by atoms with Crippen molar-refractivity contribution in [2.45, 2.75) is 89.3 Å². The fraction of sp³-hybridized carbons (Fsp3) is 0.824. The number of rotatable bonds is 4. The lowest BCUT2D eigenvalue weighted by atomic mass is 9.82. The Balaban J connectivity index is 1.65. The summed E-state index contributed by atoms with van der Waals surface area (Å²) < 4.78 is 1.93. The Bertz CT molecular complexity index is 561. The summed E-state index contributed by atoms with van der Waals surface area (Å²) in [4.78, 5) is 17.0. The van der Waals surface area contributed by atoms with Gasteiger partial charge in [-0.25, -0.2) is 9.67 Å². The van der Waals surface area contributed by atoms with E-state index in [-0.39, 0.29) is 24.3 Å². The summed E-state index contributed by atoms with van der Waals surface area (Å²) in [5.74, 6) is 1.92. The first-order chi connectivity index (χ1) is 11.0. The zero-order valence-corrected chi connectivity index (χ0v) is 14.2. The Labute approximate surface area is 137 Å². The highest BCUT2D eigenvalue weighted by atomic mass is 16.3. The summed E-state index contributed by atoms with van der Waals surface area (Å²) in [5, 5.41) is 18.2. The van der Waals surface area contributed by atoms with Gasteiger partial charge in [0.05, 0.1) is 18.1 Å². The van der Waals surface area contributed by atoms with Crippen molar-refractivity contribution < 1.29 is 9.90 Å². The van der Waals surface area contributed by atoms with E-state index in [0.717, 1.165) is 63.1 Å². The molecule has 0 saturated heterocycles. The van der Waals surface area contributed by atoms with Gasteiger partial charge < -0.3 is 10.4 Å². The van der Waals surface area contributed by atoms with Gasteiger partial charge in [-0.15, -0.1) is 0 Å². The van der Waals surface area contributed by atoms with Gasteiger partial charge in [-0.1, -0.05) is 33.1 Å². The second-order valence-corrected chi connectivity index (χ2v) is 7.43. The molecule has 2 N–H and O–H groups in total. The number of fused-ring (bicyclic) bond motifs is 1. The summed E-state index contributed by atoms with van der Waals surface area (Å²) in [6.45, 7) is 5.02. The van der Waals surface area contributed by atoms with E-state index in [4.69, 9.17) is 0 Å². The molecular formula is C17H28N4O2. The molecule has 1 aromatic heterocycles. The molecule has 0 aromatic carbocycles. The minimum absolute atomic E-state index is 0.0676. The van der Waals surface area contributed by atoms with E-state index in [0.29, 0.717) is 0 Å². The maximum atomic E-state index is 12.4. The zero-order valence-electron chi connectivity index (χ0n) is 14.2. The molecule has 6 heteroatoms. The Morgan fingerprint density at radius 2 is 2.09 bits per heavy atom. The van der Waals surface area contributed by atoms with E-state index < -0.39 is 5.60 Å². The van der Waals surface area contributed by atoms with Gasteiger partial charge >= 0.3 is 0 Å². The first kappa shape index (κ1) is 16.4. The Hall–Kier alpha value is -1.43. The third-order valence-electron chi connectivity index (χ3n) is 5.02. The molecule has 1 aliphatic carbocycles. The van der Waals surface area contributed by atoms with Crippen LogP contribution in [0, 0.1) is 0 Å². The minimum Gasteiger partial charge on any atom is -0.389 e. The number of aliphatic hydroxyl groups is 1. The minimum atomic E-state index is -0.812. The Kier molecular flexibility index (Phi) is 4.71. The van der Waals surface area contributed by atoms with Crippen LogP contribution in [0.4, 0.5) is 0 Å². The van der Waals surface area contributed by atoms with E-state index >= 15 is 0 Å². The van der Waals surface area contributed by atoms with Gasteiger partial charge in [0, 0.05) is 12.5 Å². The number of aromatic nitrogens is 3. The molecule has 2 heterocycles. The zero-order chi connectivity index (χ0) is 16.4. The number of carbonyl (C=O) groups is 1. The van der Waals surface area contributed by atoms with Gasteiger partial charge in [0.15, 0.2) is 5.82 Å². The highest BCUT2D eigenvalue weighted by Crippen LogP contribution is 2.31. The number of hydrogen-bond acceptors (Lipinski definition) is 4. The molecule has 1 aliphatic heterocycles. The lowest BCUT2D eigenvalue weighted by Crippen LogP contribution is -2.40. The van der Waals surface area contributed by atoms with Crippen molar-refractivity contribution in [1.29, 1.82) is 0 Å². The van der Waals surface area contributed by atoms with Gasteiger partial charge in [-0.3, -0.25) is 4.79 Å². The number of nitrogens with one attached hydrogen (secondary N) is 1. The third-order valence-corrected chi connectivity index (χ3v) is 5.02. The molecule has 1 atom stereocenters. The quantitative estimate of drug-likeness (QED) is 0.893. The maximum absolute atomic E-state index is 12.4. The second-order valence-electron chi connectivity index (χ2n) is 7.43. The van der Waals surface area contributed by atoms with E-state index in [9.17, 15) is 9.90 Å². The fourth-order valence-electron chi connectivity index (χ4n) is 3.68.